The van der Waals surface area contributed by atoms with E-state index < -0.39 is 17.6 Å². The Hall–Kier alpha value is -3.96. The largest absolute Gasteiger partial charge is 0.444 e. The van der Waals surface area contributed by atoms with E-state index in [2.05, 4.69) is 26.3 Å². The minimum Gasteiger partial charge on any atom is -0.444 e. The highest BCUT2D eigenvalue weighted by Gasteiger charge is 2.20. The molecule has 0 aliphatic heterocycles. The highest BCUT2D eigenvalue weighted by Crippen LogP contribution is 2.28. The fourth-order valence-corrected chi connectivity index (χ4v) is 4.31. The lowest BCUT2D eigenvalue weighted by Crippen LogP contribution is -2.34. The quantitative estimate of drug-likeness (QED) is 0.263. The van der Waals surface area contributed by atoms with Gasteiger partial charge in [-0.3, -0.25) is 15.1 Å². The number of hydrogen-bond donors (Lipinski definition) is 4. The molecule has 3 rings (SSSR count). The molecule has 10 nitrogen and oxygen atoms in total. The zero-order valence-electron chi connectivity index (χ0n) is 23.1. The van der Waals surface area contributed by atoms with Gasteiger partial charge in [-0.05, 0) is 84.1 Å². The maximum absolute atomic E-state index is 12.9. The van der Waals surface area contributed by atoms with Crippen LogP contribution in [-0.4, -0.2) is 54.2 Å². The van der Waals surface area contributed by atoms with E-state index >= 15 is 0 Å². The summed E-state index contributed by atoms with van der Waals surface area (Å²) in [5, 5.41) is 14.7. The average Bonchev–Trinajstić information content (AvgIpc) is 3.26. The van der Waals surface area contributed by atoms with Crippen LogP contribution >= 0.6 is 11.3 Å². The standard InChI is InChI=1S/C28H36N6O4S/c1-18-8-7-9-20(14-18)30-26(36)32-21(12-13-34(5)6)19-10-11-22(29-15-19)25(35)31-23-16-39-17-24(23)33-27(37)38-28(2,3)4/h7-11,14-17,21H,12-13H2,1-6H3,(H,31,35)(H,33,37)(H2,30,32,36). The Balaban J connectivity index is 1.67. The molecular weight excluding hydrogens is 516 g/mol. The molecule has 208 valence electrons. The van der Waals surface area contributed by atoms with Crippen LogP contribution in [0.3, 0.4) is 0 Å². The van der Waals surface area contributed by atoms with E-state index in [1.54, 1.807) is 49.9 Å². The van der Waals surface area contributed by atoms with Crippen molar-refractivity contribution < 1.29 is 19.1 Å². The molecule has 0 fully saturated rings. The fraction of sp³-hybridized carbons (Fsp3) is 0.357. The number of carbonyl (C=O) groups excluding carboxylic acids is 3. The minimum absolute atomic E-state index is 0.198. The Morgan fingerprint density at radius 3 is 2.36 bits per heavy atom. The molecule has 1 unspecified atom stereocenters. The second-order valence-electron chi connectivity index (χ2n) is 10.4. The summed E-state index contributed by atoms with van der Waals surface area (Å²) in [6.07, 6.45) is 1.63. The molecule has 0 radical (unpaired) electrons. The number of aromatic nitrogens is 1. The Morgan fingerprint density at radius 2 is 1.74 bits per heavy atom. The summed E-state index contributed by atoms with van der Waals surface area (Å²) in [5.74, 6) is -0.429. The van der Waals surface area contributed by atoms with E-state index in [1.807, 2.05) is 50.2 Å². The van der Waals surface area contributed by atoms with Gasteiger partial charge in [-0.1, -0.05) is 18.2 Å². The number of carbonyl (C=O) groups is 3. The lowest BCUT2D eigenvalue weighted by atomic mass is 10.1. The van der Waals surface area contributed by atoms with Crippen molar-refractivity contribution in [2.24, 2.45) is 0 Å². The molecule has 1 aromatic carbocycles. The topological polar surface area (TPSA) is 125 Å². The molecule has 4 amide bonds. The molecule has 4 N–H and O–H groups in total. The number of aryl methyl sites for hydroxylation is 1. The molecule has 0 bridgehead atoms. The van der Waals surface area contributed by atoms with Gasteiger partial charge >= 0.3 is 12.1 Å². The highest BCUT2D eigenvalue weighted by molar-refractivity contribution is 7.09. The fourth-order valence-electron chi connectivity index (χ4n) is 3.59. The van der Waals surface area contributed by atoms with E-state index in [1.165, 1.54) is 11.3 Å². The Morgan fingerprint density at radius 1 is 1.03 bits per heavy atom. The van der Waals surface area contributed by atoms with Crippen molar-refractivity contribution in [3.63, 3.8) is 0 Å². The number of benzene rings is 1. The van der Waals surface area contributed by atoms with E-state index in [4.69, 9.17) is 4.74 Å². The lowest BCUT2D eigenvalue weighted by molar-refractivity contribution is 0.0635. The Kier molecular flexibility index (Phi) is 10.0. The molecule has 2 heterocycles. The molecule has 3 aromatic rings. The second-order valence-corrected chi connectivity index (χ2v) is 11.1. The summed E-state index contributed by atoms with van der Waals surface area (Å²) in [4.78, 5) is 44.1. The number of amides is 4. The molecule has 0 aliphatic rings. The van der Waals surface area contributed by atoms with E-state index in [0.29, 0.717) is 23.5 Å². The minimum atomic E-state index is -0.643. The van der Waals surface area contributed by atoms with Crippen LogP contribution in [0.1, 0.15) is 54.8 Å². The van der Waals surface area contributed by atoms with Crippen molar-refractivity contribution >= 4 is 46.4 Å². The molecule has 0 saturated carbocycles. The van der Waals surface area contributed by atoms with Gasteiger partial charge in [-0.2, -0.15) is 0 Å². The first-order valence-corrected chi connectivity index (χ1v) is 13.5. The van der Waals surface area contributed by atoms with E-state index in [9.17, 15) is 14.4 Å². The van der Waals surface area contributed by atoms with Gasteiger partial charge in [0.25, 0.3) is 5.91 Å². The molecule has 0 saturated heterocycles. The highest BCUT2D eigenvalue weighted by atomic mass is 32.1. The third-order valence-corrected chi connectivity index (χ3v) is 6.16. The van der Waals surface area contributed by atoms with Crippen LogP contribution in [0.4, 0.5) is 26.7 Å². The molecule has 2 aromatic heterocycles. The van der Waals surface area contributed by atoms with Crippen molar-refractivity contribution in [1.82, 2.24) is 15.2 Å². The molecule has 0 aliphatic carbocycles. The first-order chi connectivity index (χ1) is 18.4. The number of urea groups is 1. The number of hydrogen-bond acceptors (Lipinski definition) is 7. The summed E-state index contributed by atoms with van der Waals surface area (Å²) >= 11 is 1.33. The summed E-state index contributed by atoms with van der Waals surface area (Å²) in [6, 6.07) is 10.3. The van der Waals surface area contributed by atoms with Crippen molar-refractivity contribution in [3.8, 4) is 0 Å². The predicted octanol–water partition coefficient (Wildman–Crippen LogP) is 5.87. The van der Waals surface area contributed by atoms with Crippen LogP contribution in [0.25, 0.3) is 0 Å². The van der Waals surface area contributed by atoms with E-state index in [0.717, 1.165) is 17.7 Å². The number of ether oxygens (including phenoxy) is 1. The summed E-state index contributed by atoms with van der Waals surface area (Å²) in [5.41, 5.74) is 2.96. The molecule has 11 heteroatoms. The van der Waals surface area contributed by atoms with Crippen molar-refractivity contribution in [1.29, 1.82) is 0 Å². The van der Waals surface area contributed by atoms with Crippen molar-refractivity contribution in [2.45, 2.75) is 45.8 Å². The van der Waals surface area contributed by atoms with Crippen LogP contribution in [0.15, 0.2) is 53.4 Å². The monoisotopic (exact) mass is 552 g/mol. The number of anilines is 3. The third kappa shape index (κ3) is 9.69. The lowest BCUT2D eigenvalue weighted by Gasteiger charge is -2.21. The van der Waals surface area contributed by atoms with Gasteiger partial charge in [0, 0.05) is 22.6 Å². The maximum atomic E-state index is 12.9. The summed E-state index contributed by atoms with van der Waals surface area (Å²) in [7, 11) is 3.93. The van der Waals surface area contributed by atoms with Gasteiger partial charge in [0.05, 0.1) is 17.4 Å². The van der Waals surface area contributed by atoms with Gasteiger partial charge in [-0.25, -0.2) is 9.59 Å². The number of rotatable bonds is 9. The number of pyridine rings is 1. The molecule has 0 spiro atoms. The smallest absolute Gasteiger partial charge is 0.412 e. The van der Waals surface area contributed by atoms with Crippen LogP contribution in [-0.2, 0) is 4.74 Å². The maximum Gasteiger partial charge on any atom is 0.412 e. The SMILES string of the molecule is Cc1cccc(NC(=O)NC(CCN(C)C)c2ccc(C(=O)Nc3cscc3NC(=O)OC(C)(C)C)nc2)c1. The number of nitrogens with zero attached hydrogens (tertiary/aromatic N) is 2. The molecule has 39 heavy (non-hydrogen) atoms. The van der Waals surface area contributed by atoms with Crippen LogP contribution in [0.2, 0.25) is 0 Å². The molecule has 1 atom stereocenters. The zero-order valence-corrected chi connectivity index (χ0v) is 23.9. The number of nitrogens with one attached hydrogen (secondary N) is 4. The predicted molar refractivity (Wildman–Crippen MR) is 156 cm³/mol. The zero-order chi connectivity index (χ0) is 28.6. The van der Waals surface area contributed by atoms with Crippen LogP contribution in [0, 0.1) is 6.92 Å². The van der Waals surface area contributed by atoms with Gasteiger partial charge in [0.15, 0.2) is 0 Å². The molecular formula is C28H36N6O4S. The first-order valence-electron chi connectivity index (χ1n) is 12.5. The van der Waals surface area contributed by atoms with E-state index in [-0.39, 0.29) is 17.8 Å². The van der Waals surface area contributed by atoms with Crippen LogP contribution in [0.5, 0.6) is 0 Å². The van der Waals surface area contributed by atoms with Gasteiger partial charge < -0.3 is 25.6 Å². The number of thiophene rings is 1. The van der Waals surface area contributed by atoms with Crippen LogP contribution < -0.4 is 21.3 Å². The Labute approximate surface area is 233 Å². The summed E-state index contributed by atoms with van der Waals surface area (Å²) in [6.45, 7) is 8.02. The Bertz CT molecular complexity index is 1280. The van der Waals surface area contributed by atoms with Crippen molar-refractivity contribution in [2.75, 3.05) is 36.6 Å². The van der Waals surface area contributed by atoms with Gasteiger partial charge in [0.1, 0.15) is 11.3 Å². The normalized spacial score (nSPS) is 12.0. The van der Waals surface area contributed by atoms with Gasteiger partial charge in [-0.15, -0.1) is 11.3 Å². The average molecular weight is 553 g/mol. The van der Waals surface area contributed by atoms with Crippen molar-refractivity contribution in [3.05, 3.63) is 70.2 Å². The second kappa shape index (κ2) is 13.2. The first kappa shape index (κ1) is 29.6. The third-order valence-electron chi connectivity index (χ3n) is 5.41. The van der Waals surface area contributed by atoms with Gasteiger partial charge in [0.2, 0.25) is 0 Å². The summed E-state index contributed by atoms with van der Waals surface area (Å²) < 4.78 is 5.28.